The summed E-state index contributed by atoms with van der Waals surface area (Å²) in [7, 11) is 1.72. The van der Waals surface area contributed by atoms with Gasteiger partial charge in [0.05, 0.1) is 18.8 Å². The van der Waals surface area contributed by atoms with Gasteiger partial charge in [-0.15, -0.1) is 0 Å². The molecule has 0 spiro atoms. The molecule has 1 aromatic carbocycles. The molecule has 0 unspecified atom stereocenters. The molecule has 2 N–H and O–H groups in total. The molecule has 136 valence electrons. The van der Waals surface area contributed by atoms with Gasteiger partial charge < -0.3 is 20.1 Å². The summed E-state index contributed by atoms with van der Waals surface area (Å²) in [6, 6.07) is 8.11. The number of guanidine groups is 1. The molecule has 1 rings (SSSR count). The van der Waals surface area contributed by atoms with Crippen LogP contribution in [0.1, 0.15) is 40.2 Å². The van der Waals surface area contributed by atoms with E-state index in [4.69, 9.17) is 9.47 Å². The van der Waals surface area contributed by atoms with Crippen LogP contribution >= 0.6 is 0 Å². The van der Waals surface area contributed by atoms with Gasteiger partial charge >= 0.3 is 0 Å². The zero-order valence-electron chi connectivity index (χ0n) is 16.0. The number of hydrogen-bond donors (Lipinski definition) is 2. The van der Waals surface area contributed by atoms with E-state index < -0.39 is 0 Å². The van der Waals surface area contributed by atoms with Crippen molar-refractivity contribution in [3.05, 3.63) is 29.8 Å². The molecule has 0 radical (unpaired) electrons. The van der Waals surface area contributed by atoms with Gasteiger partial charge in [0, 0.05) is 20.2 Å². The first-order chi connectivity index (χ1) is 11.4. The van der Waals surface area contributed by atoms with Gasteiger partial charge in [-0.05, 0) is 44.4 Å². The third kappa shape index (κ3) is 8.20. The van der Waals surface area contributed by atoms with Crippen LogP contribution in [0.5, 0.6) is 5.75 Å². The number of nitrogens with zero attached hydrogens (tertiary/aromatic N) is 1. The second kappa shape index (κ2) is 10.2. The van der Waals surface area contributed by atoms with Crippen molar-refractivity contribution in [1.29, 1.82) is 0 Å². The Morgan fingerprint density at radius 3 is 2.62 bits per heavy atom. The zero-order chi connectivity index (χ0) is 18.0. The third-order valence-corrected chi connectivity index (χ3v) is 3.48. The number of nitrogens with one attached hydrogen (secondary N) is 2. The monoisotopic (exact) mass is 335 g/mol. The smallest absolute Gasteiger partial charge is 0.191 e. The molecule has 0 fully saturated rings. The highest BCUT2D eigenvalue weighted by Gasteiger charge is 2.16. The maximum atomic E-state index is 5.77. The predicted octanol–water partition coefficient (Wildman–Crippen LogP) is 3.20. The summed E-state index contributed by atoms with van der Waals surface area (Å²) in [5.74, 6) is 2.20. The normalized spacial score (nSPS) is 12.4. The molecule has 0 atom stereocenters. The summed E-state index contributed by atoms with van der Waals surface area (Å²) >= 11 is 0. The highest BCUT2D eigenvalue weighted by Crippen LogP contribution is 2.15. The molecular weight excluding hydrogens is 302 g/mol. The first-order valence-corrected chi connectivity index (χ1v) is 8.65. The average molecular weight is 335 g/mol. The first-order valence-electron chi connectivity index (χ1n) is 8.65. The molecule has 0 aliphatic carbocycles. The Hall–Kier alpha value is -1.75. The van der Waals surface area contributed by atoms with Crippen molar-refractivity contribution in [3.63, 3.8) is 0 Å². The Kier molecular flexibility index (Phi) is 8.61. The molecule has 0 aliphatic rings. The quantitative estimate of drug-likeness (QED) is 0.537. The fourth-order valence-electron chi connectivity index (χ4n) is 1.88. The van der Waals surface area contributed by atoms with Gasteiger partial charge in [0.25, 0.3) is 0 Å². The van der Waals surface area contributed by atoms with Crippen molar-refractivity contribution in [1.82, 2.24) is 10.6 Å². The maximum absolute atomic E-state index is 5.77. The Labute approximate surface area is 146 Å². The predicted molar refractivity (Wildman–Crippen MR) is 101 cm³/mol. The zero-order valence-corrected chi connectivity index (χ0v) is 16.0. The van der Waals surface area contributed by atoms with Crippen LogP contribution in [0.4, 0.5) is 0 Å². The lowest BCUT2D eigenvalue weighted by Crippen LogP contribution is -2.45. The van der Waals surface area contributed by atoms with Crippen LogP contribution in [0.2, 0.25) is 0 Å². The van der Waals surface area contributed by atoms with Crippen LogP contribution in [0, 0.1) is 5.92 Å². The number of rotatable bonds is 9. The van der Waals surface area contributed by atoms with Crippen LogP contribution in [0.3, 0.4) is 0 Å². The van der Waals surface area contributed by atoms with E-state index >= 15 is 0 Å². The van der Waals surface area contributed by atoms with Crippen LogP contribution in [-0.2, 0) is 11.3 Å². The molecule has 5 nitrogen and oxygen atoms in total. The lowest BCUT2D eigenvalue weighted by Gasteiger charge is -2.24. The molecule has 0 aromatic heterocycles. The van der Waals surface area contributed by atoms with Crippen LogP contribution in [0.25, 0.3) is 0 Å². The van der Waals surface area contributed by atoms with Gasteiger partial charge in [-0.25, -0.2) is 4.99 Å². The van der Waals surface area contributed by atoms with Gasteiger partial charge in [0.15, 0.2) is 5.96 Å². The van der Waals surface area contributed by atoms with Crippen LogP contribution in [-0.4, -0.2) is 38.4 Å². The summed E-state index contributed by atoms with van der Waals surface area (Å²) in [6.07, 6.45) is 0. The number of benzene rings is 1. The molecule has 0 aliphatic heterocycles. The highest BCUT2D eigenvalue weighted by atomic mass is 16.5. The molecular formula is C19H33N3O2. The maximum Gasteiger partial charge on any atom is 0.191 e. The van der Waals surface area contributed by atoms with Crippen molar-refractivity contribution in [2.75, 3.05) is 26.8 Å². The Morgan fingerprint density at radius 2 is 2.00 bits per heavy atom. The average Bonchev–Trinajstić information content (AvgIpc) is 2.56. The summed E-state index contributed by atoms with van der Waals surface area (Å²) in [4.78, 5) is 4.64. The van der Waals surface area contributed by atoms with Crippen LogP contribution in [0.15, 0.2) is 29.3 Å². The molecule has 1 aromatic rings. The van der Waals surface area contributed by atoms with Gasteiger partial charge in [0.2, 0.25) is 0 Å². The van der Waals surface area contributed by atoms with E-state index in [1.807, 2.05) is 26.0 Å². The van der Waals surface area contributed by atoms with E-state index in [-0.39, 0.29) is 5.60 Å². The van der Waals surface area contributed by atoms with E-state index in [1.54, 1.807) is 7.11 Å². The molecule has 5 heteroatoms. The second-order valence-electron chi connectivity index (χ2n) is 6.86. The van der Waals surface area contributed by atoms with E-state index in [2.05, 4.69) is 48.5 Å². The summed E-state index contributed by atoms with van der Waals surface area (Å²) in [5, 5.41) is 6.58. The van der Waals surface area contributed by atoms with E-state index in [9.17, 15) is 0 Å². The first kappa shape index (κ1) is 20.3. The summed E-state index contributed by atoms with van der Waals surface area (Å²) in [6.45, 7) is 13.2. The fourth-order valence-corrected chi connectivity index (χ4v) is 1.88. The molecule has 24 heavy (non-hydrogen) atoms. The third-order valence-electron chi connectivity index (χ3n) is 3.48. The van der Waals surface area contributed by atoms with Crippen molar-refractivity contribution in [3.8, 4) is 5.75 Å². The number of methoxy groups -OCH3 is 1. The molecule has 0 amide bonds. The molecule has 0 bridgehead atoms. The van der Waals surface area contributed by atoms with Crippen molar-refractivity contribution >= 4 is 5.96 Å². The van der Waals surface area contributed by atoms with E-state index in [0.29, 0.717) is 19.0 Å². The fraction of sp³-hybridized carbons (Fsp3) is 0.632. The summed E-state index contributed by atoms with van der Waals surface area (Å²) in [5.41, 5.74) is 0.889. The van der Waals surface area contributed by atoms with E-state index in [1.165, 1.54) is 0 Å². The largest absolute Gasteiger partial charge is 0.493 e. The lowest BCUT2D eigenvalue weighted by molar-refractivity contribution is 0.0268. The van der Waals surface area contributed by atoms with Crippen LogP contribution < -0.4 is 15.4 Å². The Morgan fingerprint density at radius 1 is 1.25 bits per heavy atom. The summed E-state index contributed by atoms with van der Waals surface area (Å²) < 4.78 is 11.2. The minimum absolute atomic E-state index is 0.235. The standard InChI is InChI=1S/C19H33N3O2/c1-7-20-18(22-14-19(4,5)23-6)21-12-16-9-8-10-17(11-16)24-13-15(2)3/h8-11,15H,7,12-14H2,1-6H3,(H2,20,21,22). The second-order valence-corrected chi connectivity index (χ2v) is 6.86. The molecule has 0 heterocycles. The molecule has 0 saturated heterocycles. The number of aliphatic imine (C=N–C) groups is 1. The van der Waals surface area contributed by atoms with E-state index in [0.717, 1.165) is 30.4 Å². The van der Waals surface area contributed by atoms with Crippen molar-refractivity contribution in [2.24, 2.45) is 10.9 Å². The van der Waals surface area contributed by atoms with Gasteiger partial charge in [-0.2, -0.15) is 0 Å². The van der Waals surface area contributed by atoms with Gasteiger partial charge in [0.1, 0.15) is 5.75 Å². The van der Waals surface area contributed by atoms with Crippen molar-refractivity contribution < 1.29 is 9.47 Å². The van der Waals surface area contributed by atoms with Gasteiger partial charge in [-0.1, -0.05) is 26.0 Å². The highest BCUT2D eigenvalue weighted by molar-refractivity contribution is 5.79. The number of hydrogen-bond acceptors (Lipinski definition) is 3. The SMILES string of the molecule is CCNC(=NCc1cccc(OCC(C)C)c1)NCC(C)(C)OC. The molecule has 0 saturated carbocycles. The topological polar surface area (TPSA) is 54.9 Å². The Bertz CT molecular complexity index is 513. The minimum Gasteiger partial charge on any atom is -0.493 e. The number of ether oxygens (including phenoxy) is 2. The Balaban J connectivity index is 2.66. The minimum atomic E-state index is -0.235. The lowest BCUT2D eigenvalue weighted by atomic mass is 10.1. The van der Waals surface area contributed by atoms with Crippen molar-refractivity contribution in [2.45, 2.75) is 46.8 Å². The van der Waals surface area contributed by atoms with Gasteiger partial charge in [-0.3, -0.25) is 0 Å².